The summed E-state index contributed by atoms with van der Waals surface area (Å²) >= 11 is 9.85. The Hall–Kier alpha value is -2.55. The van der Waals surface area contributed by atoms with Crippen molar-refractivity contribution in [3.05, 3.63) is 64.5 Å². The first-order valence-electron chi connectivity index (χ1n) is 7.51. The van der Waals surface area contributed by atoms with Crippen LogP contribution in [-0.4, -0.2) is 21.9 Å². The third-order valence-electron chi connectivity index (χ3n) is 3.51. The second-order valence-electron chi connectivity index (χ2n) is 5.28. The molecule has 26 heavy (non-hydrogen) atoms. The number of nitrogens with two attached hydrogens (primary N) is 1. The predicted molar refractivity (Wildman–Crippen MR) is 106 cm³/mol. The van der Waals surface area contributed by atoms with Crippen LogP contribution in [0.25, 0.3) is 5.65 Å². The van der Waals surface area contributed by atoms with E-state index in [4.69, 9.17) is 22.2 Å². The molecular formula is C17H15BrClN5O2. The van der Waals surface area contributed by atoms with Crippen molar-refractivity contribution in [3.63, 3.8) is 0 Å². The molecule has 1 aromatic carbocycles. The second kappa shape index (κ2) is 7.77. The summed E-state index contributed by atoms with van der Waals surface area (Å²) in [5.41, 5.74) is 10.6. The summed E-state index contributed by atoms with van der Waals surface area (Å²) < 4.78 is 2.49. The zero-order valence-corrected chi connectivity index (χ0v) is 15.8. The van der Waals surface area contributed by atoms with Crippen LogP contribution in [0.4, 0.5) is 17.1 Å². The van der Waals surface area contributed by atoms with Crippen LogP contribution < -0.4 is 16.5 Å². The van der Waals surface area contributed by atoms with Crippen LogP contribution in [0, 0.1) is 0 Å². The van der Waals surface area contributed by atoms with Gasteiger partial charge in [-0.05, 0) is 18.2 Å². The Labute approximate surface area is 162 Å². The van der Waals surface area contributed by atoms with Gasteiger partial charge in [0.05, 0.1) is 29.2 Å². The first-order chi connectivity index (χ1) is 12.5. The Morgan fingerprint density at radius 2 is 2.31 bits per heavy atom. The average molecular weight is 437 g/mol. The van der Waals surface area contributed by atoms with Gasteiger partial charge in [-0.3, -0.25) is 9.63 Å². The van der Waals surface area contributed by atoms with E-state index in [9.17, 15) is 4.79 Å². The number of fused-ring (bicyclic) bond motifs is 1. The van der Waals surface area contributed by atoms with E-state index in [-0.39, 0.29) is 17.2 Å². The molecule has 4 N–H and O–H groups in total. The zero-order chi connectivity index (χ0) is 18.7. The molecule has 1 amide bonds. The van der Waals surface area contributed by atoms with Gasteiger partial charge in [0.1, 0.15) is 5.02 Å². The van der Waals surface area contributed by atoms with Crippen LogP contribution in [0.3, 0.4) is 0 Å². The molecule has 0 saturated heterocycles. The lowest BCUT2D eigenvalue weighted by molar-refractivity contribution is 0.0422. The summed E-state index contributed by atoms with van der Waals surface area (Å²) in [5, 5.41) is 3.41. The summed E-state index contributed by atoms with van der Waals surface area (Å²) in [6.45, 7) is 3.70. The molecule has 0 aliphatic heterocycles. The normalized spacial score (nSPS) is 10.7. The molecule has 0 aliphatic rings. The van der Waals surface area contributed by atoms with E-state index >= 15 is 0 Å². The molecule has 0 fully saturated rings. The molecule has 0 unspecified atom stereocenters. The Balaban J connectivity index is 2.05. The number of hydrogen-bond acceptors (Lipinski definition) is 5. The molecular weight excluding hydrogens is 422 g/mol. The van der Waals surface area contributed by atoms with E-state index in [2.05, 4.69) is 38.3 Å². The number of aromatic nitrogens is 2. The van der Waals surface area contributed by atoms with Crippen LogP contribution in [-0.2, 0) is 4.84 Å². The summed E-state index contributed by atoms with van der Waals surface area (Å²) in [4.78, 5) is 21.8. The van der Waals surface area contributed by atoms with Gasteiger partial charge in [0.15, 0.2) is 5.65 Å². The SMILES string of the molecule is C=CCONC(=O)c1cn2ccnc2c(Cl)c1Nc1ccc(Br)cc1N. The number of rotatable bonds is 6. The van der Waals surface area contributed by atoms with E-state index in [0.29, 0.717) is 22.7 Å². The standard InChI is InChI=1S/C17H15BrClN5O2/c1-2-7-26-23-17(25)11-9-24-6-5-21-16(24)14(19)15(11)22-13-4-3-10(18)8-12(13)20/h2-6,8-9,22H,1,7,20H2,(H,23,25). The number of benzene rings is 1. The van der Waals surface area contributed by atoms with E-state index < -0.39 is 5.91 Å². The van der Waals surface area contributed by atoms with Crippen molar-refractivity contribution in [1.29, 1.82) is 0 Å². The van der Waals surface area contributed by atoms with Crippen LogP contribution in [0.2, 0.25) is 5.02 Å². The molecule has 3 rings (SSSR count). The highest BCUT2D eigenvalue weighted by molar-refractivity contribution is 9.10. The highest BCUT2D eigenvalue weighted by Crippen LogP contribution is 2.35. The monoisotopic (exact) mass is 435 g/mol. The van der Waals surface area contributed by atoms with E-state index in [1.54, 1.807) is 35.1 Å². The molecule has 0 bridgehead atoms. The highest BCUT2D eigenvalue weighted by Gasteiger charge is 2.20. The van der Waals surface area contributed by atoms with Gasteiger partial charge in [-0.2, -0.15) is 0 Å². The van der Waals surface area contributed by atoms with Crippen molar-refractivity contribution in [1.82, 2.24) is 14.9 Å². The van der Waals surface area contributed by atoms with Gasteiger partial charge in [-0.1, -0.05) is 33.6 Å². The fraction of sp³-hybridized carbons (Fsp3) is 0.0588. The molecule has 0 radical (unpaired) electrons. The second-order valence-corrected chi connectivity index (χ2v) is 6.57. The number of hydrogen-bond donors (Lipinski definition) is 3. The van der Waals surface area contributed by atoms with Gasteiger partial charge in [0, 0.05) is 23.1 Å². The lowest BCUT2D eigenvalue weighted by Gasteiger charge is -2.16. The van der Waals surface area contributed by atoms with Crippen LogP contribution in [0.15, 0.2) is 53.9 Å². The number of carbonyl (C=O) groups is 1. The molecule has 0 saturated carbocycles. The van der Waals surface area contributed by atoms with Gasteiger partial charge >= 0.3 is 0 Å². The Morgan fingerprint density at radius 1 is 1.50 bits per heavy atom. The van der Waals surface area contributed by atoms with Crippen molar-refractivity contribution in [2.24, 2.45) is 0 Å². The number of halogens is 2. The molecule has 0 aliphatic carbocycles. The fourth-order valence-corrected chi connectivity index (χ4v) is 2.99. The van der Waals surface area contributed by atoms with Crippen LogP contribution in [0.5, 0.6) is 0 Å². The minimum Gasteiger partial charge on any atom is -0.397 e. The maximum absolute atomic E-state index is 12.5. The van der Waals surface area contributed by atoms with Crippen molar-refractivity contribution in [2.75, 3.05) is 17.7 Å². The predicted octanol–water partition coefficient (Wildman–Crippen LogP) is 3.92. The largest absolute Gasteiger partial charge is 0.397 e. The topological polar surface area (TPSA) is 93.7 Å². The first-order valence-corrected chi connectivity index (χ1v) is 8.68. The quantitative estimate of drug-likeness (QED) is 0.236. The van der Waals surface area contributed by atoms with Gasteiger partial charge in [-0.25, -0.2) is 10.5 Å². The number of nitrogens with one attached hydrogen (secondary N) is 2. The zero-order valence-electron chi connectivity index (χ0n) is 13.5. The number of nitrogen functional groups attached to an aromatic ring is 1. The van der Waals surface area contributed by atoms with E-state index in [0.717, 1.165) is 4.47 Å². The smallest absolute Gasteiger partial charge is 0.278 e. The van der Waals surface area contributed by atoms with Gasteiger partial charge in [0.25, 0.3) is 5.91 Å². The van der Waals surface area contributed by atoms with Crippen molar-refractivity contribution in [3.8, 4) is 0 Å². The number of amides is 1. The van der Waals surface area contributed by atoms with Gasteiger partial charge in [-0.15, -0.1) is 6.58 Å². The number of carbonyl (C=O) groups excluding carboxylic acids is 1. The summed E-state index contributed by atoms with van der Waals surface area (Å²) in [5.74, 6) is -0.470. The summed E-state index contributed by atoms with van der Waals surface area (Å²) in [7, 11) is 0. The van der Waals surface area contributed by atoms with Crippen molar-refractivity contribution < 1.29 is 9.63 Å². The van der Waals surface area contributed by atoms with Gasteiger partial charge < -0.3 is 15.5 Å². The van der Waals surface area contributed by atoms with Crippen molar-refractivity contribution >= 4 is 56.1 Å². The van der Waals surface area contributed by atoms with E-state index in [1.807, 2.05) is 6.07 Å². The minimum atomic E-state index is -0.470. The Bertz CT molecular complexity index is 989. The van der Waals surface area contributed by atoms with E-state index in [1.165, 1.54) is 6.08 Å². The number of nitrogens with zero attached hydrogens (tertiary/aromatic N) is 2. The third kappa shape index (κ3) is 3.67. The van der Waals surface area contributed by atoms with Crippen molar-refractivity contribution in [2.45, 2.75) is 0 Å². The molecule has 9 heteroatoms. The minimum absolute atomic E-state index is 0.176. The number of pyridine rings is 1. The van der Waals surface area contributed by atoms with Crippen LogP contribution in [0.1, 0.15) is 10.4 Å². The lowest BCUT2D eigenvalue weighted by atomic mass is 10.2. The molecule has 7 nitrogen and oxygen atoms in total. The average Bonchev–Trinajstić information content (AvgIpc) is 3.08. The molecule has 3 aromatic rings. The Morgan fingerprint density at radius 3 is 3.04 bits per heavy atom. The molecule has 0 spiro atoms. The first kappa shape index (κ1) is 18.2. The molecule has 2 aromatic heterocycles. The Kier molecular flexibility index (Phi) is 5.46. The maximum Gasteiger partial charge on any atom is 0.278 e. The lowest BCUT2D eigenvalue weighted by Crippen LogP contribution is -2.25. The summed E-state index contributed by atoms with van der Waals surface area (Å²) in [6.07, 6.45) is 6.42. The molecule has 134 valence electrons. The fourth-order valence-electron chi connectivity index (χ4n) is 2.32. The highest BCUT2D eigenvalue weighted by atomic mass is 79.9. The van der Waals surface area contributed by atoms with Crippen LogP contribution >= 0.6 is 27.5 Å². The molecule has 0 atom stereocenters. The third-order valence-corrected chi connectivity index (χ3v) is 4.36. The summed E-state index contributed by atoms with van der Waals surface area (Å²) in [6, 6.07) is 5.35. The number of imidazole rings is 1. The maximum atomic E-state index is 12.5. The number of hydroxylamine groups is 1. The molecule has 2 heterocycles. The number of anilines is 3. The van der Waals surface area contributed by atoms with Gasteiger partial charge in [0.2, 0.25) is 0 Å².